The Balaban J connectivity index is 2.16. The second-order valence-corrected chi connectivity index (χ2v) is 4.85. The highest BCUT2D eigenvalue weighted by molar-refractivity contribution is 6.08. The fourth-order valence-corrected chi connectivity index (χ4v) is 1.85. The average molecular weight is 285 g/mol. The van der Waals surface area contributed by atoms with Gasteiger partial charge >= 0.3 is 0 Å². The van der Waals surface area contributed by atoms with E-state index in [1.54, 1.807) is 6.08 Å². The molecular weight excluding hydrogens is 269 g/mol. The summed E-state index contributed by atoms with van der Waals surface area (Å²) in [6.45, 7) is 0. The number of halogens is 1. The standard InChI is InChI=1S/C17H16FNO2/c1-19(2)14-7-3-12(4-8-14)5-9-16(20)15-11-13(18)6-10-17(15)21/h3-11,21H,1-2H3/b9-5+. The molecule has 0 saturated carbocycles. The maximum absolute atomic E-state index is 13.1. The van der Waals surface area contributed by atoms with Crippen LogP contribution in [0, 0.1) is 5.82 Å². The first-order valence-electron chi connectivity index (χ1n) is 6.45. The van der Waals surface area contributed by atoms with Crippen molar-refractivity contribution in [2.75, 3.05) is 19.0 Å². The summed E-state index contributed by atoms with van der Waals surface area (Å²) in [5.41, 5.74) is 1.86. The number of benzene rings is 2. The van der Waals surface area contributed by atoms with Gasteiger partial charge in [-0.25, -0.2) is 4.39 Å². The summed E-state index contributed by atoms with van der Waals surface area (Å²) in [6.07, 6.45) is 2.95. The van der Waals surface area contributed by atoms with Gasteiger partial charge in [0.2, 0.25) is 0 Å². The Morgan fingerprint density at radius 3 is 2.43 bits per heavy atom. The Bertz CT molecular complexity index is 676. The second-order valence-electron chi connectivity index (χ2n) is 4.85. The number of phenols is 1. The van der Waals surface area contributed by atoms with Crippen LogP contribution in [-0.2, 0) is 0 Å². The lowest BCUT2D eigenvalue weighted by Crippen LogP contribution is -2.07. The summed E-state index contributed by atoms with van der Waals surface area (Å²) in [7, 11) is 3.89. The summed E-state index contributed by atoms with van der Waals surface area (Å²) >= 11 is 0. The number of hydrogen-bond acceptors (Lipinski definition) is 3. The van der Waals surface area contributed by atoms with E-state index < -0.39 is 11.6 Å². The SMILES string of the molecule is CN(C)c1ccc(/C=C/C(=O)c2cc(F)ccc2O)cc1. The number of hydrogen-bond donors (Lipinski definition) is 1. The lowest BCUT2D eigenvalue weighted by molar-refractivity contribution is 0.104. The van der Waals surface area contributed by atoms with Gasteiger partial charge in [0, 0.05) is 19.8 Å². The van der Waals surface area contributed by atoms with Crippen LogP contribution in [-0.4, -0.2) is 25.0 Å². The third-order valence-corrected chi connectivity index (χ3v) is 3.06. The Kier molecular flexibility index (Phi) is 4.38. The summed E-state index contributed by atoms with van der Waals surface area (Å²) in [4.78, 5) is 13.9. The Hall–Kier alpha value is -2.62. The lowest BCUT2D eigenvalue weighted by atomic mass is 10.1. The first-order valence-corrected chi connectivity index (χ1v) is 6.45. The minimum atomic E-state index is -0.556. The molecule has 0 aliphatic carbocycles. The number of carbonyl (C=O) groups is 1. The van der Waals surface area contributed by atoms with E-state index in [-0.39, 0.29) is 11.3 Å². The van der Waals surface area contributed by atoms with E-state index >= 15 is 0 Å². The zero-order chi connectivity index (χ0) is 15.4. The molecule has 2 aromatic carbocycles. The zero-order valence-electron chi connectivity index (χ0n) is 11.9. The van der Waals surface area contributed by atoms with E-state index in [0.29, 0.717) is 0 Å². The van der Waals surface area contributed by atoms with Gasteiger partial charge in [-0.05, 0) is 42.0 Å². The largest absolute Gasteiger partial charge is 0.507 e. The van der Waals surface area contributed by atoms with Gasteiger partial charge in [-0.2, -0.15) is 0 Å². The summed E-state index contributed by atoms with van der Waals surface area (Å²) < 4.78 is 13.1. The summed E-state index contributed by atoms with van der Waals surface area (Å²) in [6, 6.07) is 10.9. The van der Waals surface area contributed by atoms with Crippen LogP contribution in [0.25, 0.3) is 6.08 Å². The predicted molar refractivity (Wildman–Crippen MR) is 82.2 cm³/mol. The van der Waals surface area contributed by atoms with E-state index in [2.05, 4.69) is 0 Å². The van der Waals surface area contributed by atoms with Crippen molar-refractivity contribution in [1.82, 2.24) is 0 Å². The maximum Gasteiger partial charge on any atom is 0.189 e. The van der Waals surface area contributed by atoms with Crippen LogP contribution < -0.4 is 4.90 Å². The molecule has 0 bridgehead atoms. The van der Waals surface area contributed by atoms with Crippen LogP contribution in [0.4, 0.5) is 10.1 Å². The van der Waals surface area contributed by atoms with Crippen molar-refractivity contribution in [3.63, 3.8) is 0 Å². The molecule has 0 aromatic heterocycles. The predicted octanol–water partition coefficient (Wildman–Crippen LogP) is 3.49. The first-order chi connectivity index (χ1) is 9.97. The molecule has 108 valence electrons. The fraction of sp³-hybridized carbons (Fsp3) is 0.118. The van der Waals surface area contributed by atoms with Gasteiger partial charge in [0.1, 0.15) is 11.6 Å². The monoisotopic (exact) mass is 285 g/mol. The van der Waals surface area contributed by atoms with E-state index in [1.165, 1.54) is 12.1 Å². The molecule has 0 saturated heterocycles. The topological polar surface area (TPSA) is 40.5 Å². The molecule has 21 heavy (non-hydrogen) atoms. The Morgan fingerprint density at radius 2 is 1.81 bits per heavy atom. The van der Waals surface area contributed by atoms with Crippen LogP contribution in [0.1, 0.15) is 15.9 Å². The number of allylic oxidation sites excluding steroid dienone is 1. The van der Waals surface area contributed by atoms with Gasteiger partial charge in [0.15, 0.2) is 5.78 Å². The van der Waals surface area contributed by atoms with Gasteiger partial charge in [0.05, 0.1) is 5.56 Å². The number of rotatable bonds is 4. The molecule has 4 heteroatoms. The van der Waals surface area contributed by atoms with Gasteiger partial charge in [-0.3, -0.25) is 4.79 Å². The number of nitrogens with zero attached hydrogens (tertiary/aromatic N) is 1. The molecule has 1 N–H and O–H groups in total. The molecule has 0 spiro atoms. The van der Waals surface area contributed by atoms with Gasteiger partial charge < -0.3 is 10.0 Å². The quantitative estimate of drug-likeness (QED) is 0.690. The Labute approximate surface area is 123 Å². The molecule has 0 atom stereocenters. The van der Waals surface area contributed by atoms with E-state index in [0.717, 1.165) is 23.4 Å². The lowest BCUT2D eigenvalue weighted by Gasteiger charge is -2.11. The molecule has 0 radical (unpaired) electrons. The summed E-state index contributed by atoms with van der Waals surface area (Å²) in [5.74, 6) is -1.22. The molecule has 0 amide bonds. The van der Waals surface area contributed by atoms with Gasteiger partial charge in [-0.15, -0.1) is 0 Å². The van der Waals surface area contributed by atoms with E-state index in [9.17, 15) is 14.3 Å². The molecule has 3 nitrogen and oxygen atoms in total. The highest BCUT2D eigenvalue weighted by Gasteiger charge is 2.09. The number of aromatic hydroxyl groups is 1. The zero-order valence-corrected chi connectivity index (χ0v) is 11.9. The van der Waals surface area contributed by atoms with Gasteiger partial charge in [0.25, 0.3) is 0 Å². The van der Waals surface area contributed by atoms with Crippen LogP contribution >= 0.6 is 0 Å². The van der Waals surface area contributed by atoms with Crippen molar-refractivity contribution in [2.24, 2.45) is 0 Å². The van der Waals surface area contributed by atoms with Crippen LogP contribution in [0.15, 0.2) is 48.5 Å². The molecule has 0 aliphatic heterocycles. The van der Waals surface area contributed by atoms with Crippen molar-refractivity contribution < 1.29 is 14.3 Å². The first kappa shape index (κ1) is 14.8. The molecule has 2 aromatic rings. The Morgan fingerprint density at radius 1 is 1.14 bits per heavy atom. The third kappa shape index (κ3) is 3.69. The number of carbonyl (C=O) groups excluding carboxylic acids is 1. The minimum Gasteiger partial charge on any atom is -0.507 e. The molecule has 2 rings (SSSR count). The highest BCUT2D eigenvalue weighted by atomic mass is 19.1. The second kappa shape index (κ2) is 6.22. The van der Waals surface area contributed by atoms with Crippen molar-refractivity contribution in [1.29, 1.82) is 0 Å². The number of phenolic OH excluding ortho intramolecular Hbond substituents is 1. The molecule has 0 aliphatic rings. The van der Waals surface area contributed by atoms with Crippen molar-refractivity contribution >= 4 is 17.5 Å². The number of ketones is 1. The van der Waals surface area contributed by atoms with E-state index in [4.69, 9.17) is 0 Å². The van der Waals surface area contributed by atoms with Crippen molar-refractivity contribution in [3.8, 4) is 5.75 Å². The summed E-state index contributed by atoms with van der Waals surface area (Å²) in [5, 5.41) is 9.57. The fourth-order valence-electron chi connectivity index (χ4n) is 1.85. The van der Waals surface area contributed by atoms with Crippen molar-refractivity contribution in [2.45, 2.75) is 0 Å². The molecule has 0 fully saturated rings. The van der Waals surface area contributed by atoms with Crippen molar-refractivity contribution in [3.05, 3.63) is 65.5 Å². The molecule has 0 heterocycles. The third-order valence-electron chi connectivity index (χ3n) is 3.06. The number of anilines is 1. The molecular formula is C17H16FNO2. The highest BCUT2D eigenvalue weighted by Crippen LogP contribution is 2.19. The maximum atomic E-state index is 13.1. The van der Waals surface area contributed by atoms with E-state index in [1.807, 2.05) is 43.3 Å². The average Bonchev–Trinajstić information content (AvgIpc) is 2.47. The molecule has 0 unspecified atom stereocenters. The normalized spacial score (nSPS) is 10.8. The van der Waals surface area contributed by atoms with Gasteiger partial charge in [-0.1, -0.05) is 18.2 Å². The van der Waals surface area contributed by atoms with Crippen LogP contribution in [0.5, 0.6) is 5.75 Å². The van der Waals surface area contributed by atoms with Crippen LogP contribution in [0.3, 0.4) is 0 Å². The minimum absolute atomic E-state index is 0.0452. The van der Waals surface area contributed by atoms with Crippen LogP contribution in [0.2, 0.25) is 0 Å². The smallest absolute Gasteiger partial charge is 0.189 e.